The molecule has 0 aliphatic heterocycles. The highest BCUT2D eigenvalue weighted by atomic mass is 35.5. The summed E-state index contributed by atoms with van der Waals surface area (Å²) in [5.74, 6) is 0. The molecule has 0 radical (unpaired) electrons. The topological polar surface area (TPSA) is 33.1 Å². The van der Waals surface area contributed by atoms with Gasteiger partial charge in [-0.05, 0) is 92.8 Å². The second kappa shape index (κ2) is 11.0. The predicted octanol–water partition coefficient (Wildman–Crippen LogP) is 8.47. The number of aromatic nitrogens is 1. The maximum atomic E-state index is 10.7. The van der Waals surface area contributed by atoms with Crippen molar-refractivity contribution in [1.82, 2.24) is 4.98 Å². The number of hydrogen-bond donors (Lipinski definition) is 1. The Bertz CT molecular complexity index is 1340. The molecular weight excluding hydrogens is 482 g/mol. The number of pyridine rings is 1. The molecule has 0 bridgehead atoms. The van der Waals surface area contributed by atoms with E-state index < -0.39 is 5.60 Å². The number of halogens is 1. The molecule has 1 aromatic heterocycles. The van der Waals surface area contributed by atoms with Crippen molar-refractivity contribution in [2.24, 2.45) is 0 Å². The first-order valence-electron chi connectivity index (χ1n) is 13.0. The first-order valence-corrected chi connectivity index (χ1v) is 14.3. The van der Waals surface area contributed by atoms with Gasteiger partial charge in [-0.1, -0.05) is 72.3 Å². The quantitative estimate of drug-likeness (QED) is 0.230. The van der Waals surface area contributed by atoms with Crippen LogP contribution in [0.15, 0.2) is 78.9 Å². The Morgan fingerprint density at radius 2 is 1.75 bits per heavy atom. The van der Waals surface area contributed by atoms with Gasteiger partial charge in [-0.25, -0.2) is 0 Å². The van der Waals surface area contributed by atoms with Crippen molar-refractivity contribution in [3.8, 4) is 0 Å². The van der Waals surface area contributed by atoms with Gasteiger partial charge < -0.3 is 5.11 Å². The van der Waals surface area contributed by atoms with Crippen LogP contribution in [0.1, 0.15) is 66.3 Å². The zero-order valence-electron chi connectivity index (χ0n) is 21.1. The SMILES string of the molecule is CC(C)(O)c1ccccc1CCC(SC1CC1)c1cccc(CCc2ccc3ccc(Cl)cc3n2)c1. The summed E-state index contributed by atoms with van der Waals surface area (Å²) in [4.78, 5) is 4.84. The molecule has 1 N–H and O–H groups in total. The normalized spacial score (nSPS) is 14.8. The standard InChI is InChI=1S/C32H34ClNOS/c1-32(2,35)29-9-4-3-7-23(29)13-19-31(36-28-17-18-28)25-8-5-6-22(20-25)10-15-27-16-12-24-11-14-26(33)21-30(24)34-27/h3-9,11-12,14,16,20-21,28,31,35H,10,13,15,17-19H2,1-2H3. The summed E-state index contributed by atoms with van der Waals surface area (Å²) in [6, 6.07) is 27.6. The second-order valence-corrected chi connectivity index (χ2v) is 12.4. The third-order valence-electron chi connectivity index (χ3n) is 6.94. The Labute approximate surface area is 224 Å². The highest BCUT2D eigenvalue weighted by Gasteiger charge is 2.28. The molecule has 1 heterocycles. The van der Waals surface area contributed by atoms with Crippen molar-refractivity contribution in [3.63, 3.8) is 0 Å². The monoisotopic (exact) mass is 515 g/mol. The number of nitrogens with zero attached hydrogens (tertiary/aromatic N) is 1. The van der Waals surface area contributed by atoms with E-state index in [2.05, 4.69) is 66.4 Å². The lowest BCUT2D eigenvalue weighted by Crippen LogP contribution is -2.18. The molecule has 1 aliphatic rings. The summed E-state index contributed by atoms with van der Waals surface area (Å²) >= 11 is 8.31. The number of thioether (sulfide) groups is 1. The van der Waals surface area contributed by atoms with Gasteiger partial charge in [0.25, 0.3) is 0 Å². The maximum Gasteiger partial charge on any atom is 0.0843 e. The number of fused-ring (bicyclic) bond motifs is 1. The molecule has 2 nitrogen and oxygen atoms in total. The molecular formula is C32H34ClNOS. The van der Waals surface area contributed by atoms with E-state index in [0.717, 1.165) is 58.1 Å². The van der Waals surface area contributed by atoms with Gasteiger partial charge in [0, 0.05) is 26.6 Å². The minimum Gasteiger partial charge on any atom is -0.386 e. The van der Waals surface area contributed by atoms with Crippen molar-refractivity contribution in [3.05, 3.63) is 112 Å². The van der Waals surface area contributed by atoms with E-state index in [4.69, 9.17) is 16.6 Å². The van der Waals surface area contributed by atoms with Gasteiger partial charge in [0.15, 0.2) is 0 Å². The van der Waals surface area contributed by atoms with Crippen LogP contribution in [-0.2, 0) is 24.9 Å². The van der Waals surface area contributed by atoms with Crippen molar-refractivity contribution in [2.45, 2.75) is 68.5 Å². The van der Waals surface area contributed by atoms with E-state index in [0.29, 0.717) is 5.25 Å². The van der Waals surface area contributed by atoms with Gasteiger partial charge in [-0.2, -0.15) is 11.8 Å². The van der Waals surface area contributed by atoms with Crippen molar-refractivity contribution >= 4 is 34.3 Å². The first-order chi connectivity index (χ1) is 17.3. The minimum absolute atomic E-state index is 0.466. The number of aliphatic hydroxyl groups is 1. The number of hydrogen-bond acceptors (Lipinski definition) is 3. The molecule has 3 aromatic carbocycles. The molecule has 4 aromatic rings. The average molecular weight is 516 g/mol. The molecule has 1 unspecified atom stereocenters. The van der Waals surface area contributed by atoms with Crippen LogP contribution < -0.4 is 0 Å². The molecule has 1 fully saturated rings. The van der Waals surface area contributed by atoms with Crippen LogP contribution in [0.3, 0.4) is 0 Å². The summed E-state index contributed by atoms with van der Waals surface area (Å²) in [5, 5.41) is 13.8. The smallest absolute Gasteiger partial charge is 0.0843 e. The minimum atomic E-state index is -0.822. The highest BCUT2D eigenvalue weighted by molar-refractivity contribution is 8.00. The summed E-state index contributed by atoms with van der Waals surface area (Å²) in [6.45, 7) is 3.76. The predicted molar refractivity (Wildman–Crippen MR) is 154 cm³/mol. The number of rotatable bonds is 10. The fraction of sp³-hybridized carbons (Fsp3) is 0.344. The number of benzene rings is 3. The lowest BCUT2D eigenvalue weighted by Gasteiger charge is -2.23. The van der Waals surface area contributed by atoms with E-state index in [1.807, 2.05) is 38.1 Å². The van der Waals surface area contributed by atoms with E-state index in [1.54, 1.807) is 0 Å². The Hall–Kier alpha value is -2.33. The van der Waals surface area contributed by atoms with Crippen LogP contribution in [0, 0.1) is 0 Å². The molecule has 186 valence electrons. The Kier molecular flexibility index (Phi) is 7.71. The van der Waals surface area contributed by atoms with E-state index in [1.165, 1.54) is 29.5 Å². The van der Waals surface area contributed by atoms with Crippen LogP contribution in [0.4, 0.5) is 0 Å². The van der Waals surface area contributed by atoms with Gasteiger partial charge in [0.2, 0.25) is 0 Å². The van der Waals surface area contributed by atoms with Crippen LogP contribution in [0.25, 0.3) is 10.9 Å². The molecule has 0 saturated heterocycles. The molecule has 4 heteroatoms. The second-order valence-electron chi connectivity index (χ2n) is 10.5. The average Bonchev–Trinajstić information content (AvgIpc) is 3.69. The zero-order chi connectivity index (χ0) is 25.1. The summed E-state index contributed by atoms with van der Waals surface area (Å²) in [5.41, 5.74) is 6.31. The summed E-state index contributed by atoms with van der Waals surface area (Å²) < 4.78 is 0. The van der Waals surface area contributed by atoms with Crippen LogP contribution in [0.5, 0.6) is 0 Å². The van der Waals surface area contributed by atoms with Crippen LogP contribution >= 0.6 is 23.4 Å². The summed E-state index contributed by atoms with van der Waals surface area (Å²) in [6.07, 6.45) is 6.58. The fourth-order valence-electron chi connectivity index (χ4n) is 4.86. The maximum absolute atomic E-state index is 10.7. The first kappa shape index (κ1) is 25.3. The van der Waals surface area contributed by atoms with Crippen molar-refractivity contribution < 1.29 is 5.11 Å². The van der Waals surface area contributed by atoms with Gasteiger partial charge >= 0.3 is 0 Å². The van der Waals surface area contributed by atoms with Crippen molar-refractivity contribution in [1.29, 1.82) is 0 Å². The molecule has 0 spiro atoms. The lowest BCUT2D eigenvalue weighted by molar-refractivity contribution is 0.0776. The third-order valence-corrected chi connectivity index (χ3v) is 8.87. The highest BCUT2D eigenvalue weighted by Crippen LogP contribution is 2.45. The number of aryl methyl sites for hydroxylation is 3. The van der Waals surface area contributed by atoms with E-state index >= 15 is 0 Å². The molecule has 5 rings (SSSR count). The van der Waals surface area contributed by atoms with Gasteiger partial charge in [-0.3, -0.25) is 4.98 Å². The Morgan fingerprint density at radius 1 is 0.944 bits per heavy atom. The molecule has 1 atom stereocenters. The molecule has 0 amide bonds. The van der Waals surface area contributed by atoms with Crippen LogP contribution in [0.2, 0.25) is 5.02 Å². The van der Waals surface area contributed by atoms with E-state index in [9.17, 15) is 5.11 Å². The van der Waals surface area contributed by atoms with Gasteiger partial charge in [0.1, 0.15) is 0 Å². The summed E-state index contributed by atoms with van der Waals surface area (Å²) in [7, 11) is 0. The lowest BCUT2D eigenvalue weighted by atomic mass is 9.90. The van der Waals surface area contributed by atoms with E-state index in [-0.39, 0.29) is 0 Å². The molecule has 36 heavy (non-hydrogen) atoms. The van der Waals surface area contributed by atoms with Crippen molar-refractivity contribution in [2.75, 3.05) is 0 Å². The largest absolute Gasteiger partial charge is 0.386 e. The third kappa shape index (κ3) is 6.51. The van der Waals surface area contributed by atoms with Gasteiger partial charge in [-0.15, -0.1) is 0 Å². The molecule has 1 saturated carbocycles. The Morgan fingerprint density at radius 3 is 2.56 bits per heavy atom. The molecule has 1 aliphatic carbocycles. The van der Waals surface area contributed by atoms with Crippen LogP contribution in [-0.4, -0.2) is 15.3 Å². The zero-order valence-corrected chi connectivity index (χ0v) is 22.7. The Balaban J connectivity index is 1.29. The fourth-order valence-corrected chi connectivity index (χ4v) is 6.46. The van der Waals surface area contributed by atoms with Gasteiger partial charge in [0.05, 0.1) is 11.1 Å².